The summed E-state index contributed by atoms with van der Waals surface area (Å²) < 4.78 is 0. The number of nitrogens with one attached hydrogen (secondary N) is 1. The summed E-state index contributed by atoms with van der Waals surface area (Å²) >= 11 is 0. The van der Waals surface area contributed by atoms with Crippen LogP contribution in [0.1, 0.15) is 64.7 Å². The molecule has 2 fully saturated rings. The van der Waals surface area contributed by atoms with Crippen molar-refractivity contribution in [2.75, 3.05) is 0 Å². The number of carbonyl (C=O) groups excluding carboxylic acids is 1. The Labute approximate surface area is 121 Å². The minimum absolute atomic E-state index is 0.0831. The summed E-state index contributed by atoms with van der Waals surface area (Å²) in [5.74, 6) is -0.394. The van der Waals surface area contributed by atoms with E-state index >= 15 is 0 Å². The number of carboxylic acid groups (broad SMARTS) is 1. The van der Waals surface area contributed by atoms with Crippen molar-refractivity contribution in [1.82, 2.24) is 5.32 Å². The van der Waals surface area contributed by atoms with E-state index in [0.29, 0.717) is 24.8 Å². The fourth-order valence-electron chi connectivity index (χ4n) is 3.44. The molecule has 4 nitrogen and oxygen atoms in total. The molecular formula is C16H27NO3. The SMILES string of the molecule is CCCCC(NC(=O)[C@@H]1CC[C@H](C(=O)O)C1)C1CCC1. The first-order chi connectivity index (χ1) is 9.61. The number of carboxylic acids is 1. The average molecular weight is 281 g/mol. The third-order valence-electron chi connectivity index (χ3n) is 5.07. The van der Waals surface area contributed by atoms with Crippen molar-refractivity contribution in [1.29, 1.82) is 0 Å². The van der Waals surface area contributed by atoms with Gasteiger partial charge in [-0.05, 0) is 44.4 Å². The van der Waals surface area contributed by atoms with E-state index in [1.807, 2.05) is 0 Å². The molecule has 2 saturated carbocycles. The highest BCUT2D eigenvalue weighted by Crippen LogP contribution is 2.34. The van der Waals surface area contributed by atoms with Crippen molar-refractivity contribution in [3.63, 3.8) is 0 Å². The van der Waals surface area contributed by atoms with Gasteiger partial charge in [-0.25, -0.2) is 0 Å². The molecule has 2 rings (SSSR count). The first kappa shape index (κ1) is 15.3. The van der Waals surface area contributed by atoms with Crippen molar-refractivity contribution in [3.8, 4) is 0 Å². The smallest absolute Gasteiger partial charge is 0.306 e. The second-order valence-corrected chi connectivity index (χ2v) is 6.49. The summed E-state index contributed by atoms with van der Waals surface area (Å²) in [6.07, 6.45) is 9.04. The molecule has 2 aliphatic carbocycles. The predicted molar refractivity (Wildman–Crippen MR) is 77.3 cm³/mol. The molecule has 0 radical (unpaired) electrons. The molecule has 0 spiro atoms. The zero-order chi connectivity index (χ0) is 14.5. The van der Waals surface area contributed by atoms with E-state index in [1.165, 1.54) is 19.3 Å². The molecule has 4 heteroatoms. The Kier molecular flexibility index (Phi) is 5.44. The van der Waals surface area contributed by atoms with E-state index in [1.54, 1.807) is 0 Å². The molecule has 0 aromatic heterocycles. The molecule has 2 aliphatic rings. The van der Waals surface area contributed by atoms with E-state index in [-0.39, 0.29) is 17.7 Å². The van der Waals surface area contributed by atoms with Crippen LogP contribution >= 0.6 is 0 Å². The van der Waals surface area contributed by atoms with Crippen LogP contribution in [0.15, 0.2) is 0 Å². The van der Waals surface area contributed by atoms with Gasteiger partial charge >= 0.3 is 5.97 Å². The van der Waals surface area contributed by atoms with Crippen molar-refractivity contribution >= 4 is 11.9 Å². The van der Waals surface area contributed by atoms with Crippen LogP contribution in [0.3, 0.4) is 0 Å². The van der Waals surface area contributed by atoms with Crippen LogP contribution in [0.5, 0.6) is 0 Å². The highest BCUT2D eigenvalue weighted by Gasteiger charge is 2.36. The molecular weight excluding hydrogens is 254 g/mol. The Bertz CT molecular complexity index is 352. The molecule has 114 valence electrons. The van der Waals surface area contributed by atoms with Gasteiger partial charge in [-0.1, -0.05) is 26.2 Å². The molecule has 20 heavy (non-hydrogen) atoms. The average Bonchev–Trinajstić information content (AvgIpc) is 2.83. The zero-order valence-electron chi connectivity index (χ0n) is 12.4. The van der Waals surface area contributed by atoms with Crippen LogP contribution in [-0.4, -0.2) is 23.0 Å². The van der Waals surface area contributed by atoms with Crippen LogP contribution in [0, 0.1) is 17.8 Å². The summed E-state index contributed by atoms with van der Waals surface area (Å²) in [4.78, 5) is 23.3. The maximum absolute atomic E-state index is 12.3. The van der Waals surface area contributed by atoms with E-state index in [2.05, 4.69) is 12.2 Å². The lowest BCUT2D eigenvalue weighted by Gasteiger charge is -2.35. The van der Waals surface area contributed by atoms with Gasteiger partial charge in [0.25, 0.3) is 0 Å². The quantitative estimate of drug-likeness (QED) is 0.754. The summed E-state index contributed by atoms with van der Waals surface area (Å²) in [7, 11) is 0. The minimum Gasteiger partial charge on any atom is -0.481 e. The predicted octanol–water partition coefficient (Wildman–Crippen LogP) is 2.96. The van der Waals surface area contributed by atoms with Crippen LogP contribution < -0.4 is 5.32 Å². The topological polar surface area (TPSA) is 66.4 Å². The Morgan fingerprint density at radius 1 is 1.20 bits per heavy atom. The number of amides is 1. The van der Waals surface area contributed by atoms with Crippen LogP contribution in [0.2, 0.25) is 0 Å². The lowest BCUT2D eigenvalue weighted by Crippen LogP contribution is -2.45. The molecule has 0 aromatic carbocycles. The maximum Gasteiger partial charge on any atom is 0.306 e. The Hall–Kier alpha value is -1.06. The highest BCUT2D eigenvalue weighted by molar-refractivity contribution is 5.81. The maximum atomic E-state index is 12.3. The molecule has 0 aliphatic heterocycles. The Morgan fingerprint density at radius 3 is 2.40 bits per heavy atom. The zero-order valence-corrected chi connectivity index (χ0v) is 12.4. The number of hydrogen-bond donors (Lipinski definition) is 2. The molecule has 1 amide bonds. The monoisotopic (exact) mass is 281 g/mol. The van der Waals surface area contributed by atoms with Crippen molar-refractivity contribution in [2.24, 2.45) is 17.8 Å². The van der Waals surface area contributed by atoms with E-state index in [4.69, 9.17) is 5.11 Å². The summed E-state index contributed by atoms with van der Waals surface area (Å²) in [5.41, 5.74) is 0. The number of carbonyl (C=O) groups is 2. The van der Waals surface area contributed by atoms with Crippen LogP contribution in [0.4, 0.5) is 0 Å². The Balaban J connectivity index is 1.83. The molecule has 0 heterocycles. The van der Waals surface area contributed by atoms with E-state index in [9.17, 15) is 9.59 Å². The molecule has 1 unspecified atom stereocenters. The number of unbranched alkanes of at least 4 members (excludes halogenated alkanes) is 1. The van der Waals surface area contributed by atoms with Gasteiger partial charge in [0.05, 0.1) is 5.92 Å². The van der Waals surface area contributed by atoms with Gasteiger partial charge in [-0.15, -0.1) is 0 Å². The summed E-state index contributed by atoms with van der Waals surface area (Å²) in [5, 5.41) is 12.2. The van der Waals surface area contributed by atoms with Gasteiger partial charge in [-0.2, -0.15) is 0 Å². The van der Waals surface area contributed by atoms with E-state index < -0.39 is 5.97 Å². The standard InChI is InChI=1S/C16H27NO3/c1-2-3-7-14(11-5-4-6-11)17-15(18)12-8-9-13(10-12)16(19)20/h11-14H,2-10H2,1H3,(H,17,18)(H,19,20)/t12-,13+,14?/m1/s1. The molecule has 0 bridgehead atoms. The second-order valence-electron chi connectivity index (χ2n) is 6.49. The van der Waals surface area contributed by atoms with Crippen molar-refractivity contribution in [3.05, 3.63) is 0 Å². The van der Waals surface area contributed by atoms with Gasteiger partial charge in [-0.3, -0.25) is 9.59 Å². The third-order valence-corrected chi connectivity index (χ3v) is 5.07. The number of rotatable bonds is 7. The van der Waals surface area contributed by atoms with Crippen molar-refractivity contribution < 1.29 is 14.7 Å². The largest absolute Gasteiger partial charge is 0.481 e. The first-order valence-electron chi connectivity index (χ1n) is 8.15. The van der Waals surface area contributed by atoms with Crippen LogP contribution in [-0.2, 0) is 9.59 Å². The highest BCUT2D eigenvalue weighted by atomic mass is 16.4. The second kappa shape index (κ2) is 7.09. The van der Waals surface area contributed by atoms with Gasteiger partial charge in [0.15, 0.2) is 0 Å². The van der Waals surface area contributed by atoms with E-state index in [0.717, 1.165) is 25.7 Å². The lowest BCUT2D eigenvalue weighted by atomic mass is 9.78. The molecule has 3 atom stereocenters. The number of aliphatic carboxylic acids is 1. The fourth-order valence-corrected chi connectivity index (χ4v) is 3.44. The van der Waals surface area contributed by atoms with Gasteiger partial charge in [0, 0.05) is 12.0 Å². The normalized spacial score (nSPS) is 27.9. The summed E-state index contributed by atoms with van der Waals surface area (Å²) in [6, 6.07) is 0.320. The Morgan fingerprint density at radius 2 is 1.90 bits per heavy atom. The summed E-state index contributed by atoms with van der Waals surface area (Å²) in [6.45, 7) is 2.17. The third kappa shape index (κ3) is 3.74. The number of hydrogen-bond acceptors (Lipinski definition) is 2. The van der Waals surface area contributed by atoms with Gasteiger partial charge in [0.1, 0.15) is 0 Å². The molecule has 2 N–H and O–H groups in total. The molecule has 0 aromatic rings. The fraction of sp³-hybridized carbons (Fsp3) is 0.875. The van der Waals surface area contributed by atoms with Crippen molar-refractivity contribution in [2.45, 2.75) is 70.8 Å². The van der Waals surface area contributed by atoms with Gasteiger partial charge in [0.2, 0.25) is 5.91 Å². The molecule has 0 saturated heterocycles. The lowest BCUT2D eigenvalue weighted by molar-refractivity contribution is -0.141. The van der Waals surface area contributed by atoms with Gasteiger partial charge < -0.3 is 10.4 Å². The van der Waals surface area contributed by atoms with Crippen LogP contribution in [0.25, 0.3) is 0 Å². The first-order valence-corrected chi connectivity index (χ1v) is 8.15. The minimum atomic E-state index is -0.748.